The number of rotatable bonds is 7. The van der Waals surface area contributed by atoms with E-state index in [1.807, 2.05) is 31.2 Å². The van der Waals surface area contributed by atoms with Gasteiger partial charge >= 0.3 is 0 Å². The quantitative estimate of drug-likeness (QED) is 0.509. The molecule has 1 fully saturated rings. The lowest BCUT2D eigenvalue weighted by molar-refractivity contribution is -0.117. The van der Waals surface area contributed by atoms with Gasteiger partial charge in [0.15, 0.2) is 0 Å². The molecule has 0 radical (unpaired) electrons. The van der Waals surface area contributed by atoms with Crippen molar-refractivity contribution in [2.24, 2.45) is 0 Å². The summed E-state index contributed by atoms with van der Waals surface area (Å²) in [6.45, 7) is 2.69. The van der Waals surface area contributed by atoms with Crippen molar-refractivity contribution in [3.63, 3.8) is 0 Å². The van der Waals surface area contributed by atoms with Gasteiger partial charge in [0.1, 0.15) is 5.01 Å². The number of hydrogen-bond acceptors (Lipinski definition) is 7. The third kappa shape index (κ3) is 4.57. The van der Waals surface area contributed by atoms with E-state index in [0.717, 1.165) is 11.3 Å². The van der Waals surface area contributed by atoms with E-state index in [1.165, 1.54) is 16.2 Å². The Morgan fingerprint density at radius 1 is 1.03 bits per heavy atom. The van der Waals surface area contributed by atoms with Gasteiger partial charge in [0.25, 0.3) is 11.8 Å². The summed E-state index contributed by atoms with van der Waals surface area (Å²) in [6.07, 6.45) is 0.813. The van der Waals surface area contributed by atoms with Crippen molar-refractivity contribution in [3.8, 4) is 0 Å². The van der Waals surface area contributed by atoms with Crippen LogP contribution in [0.1, 0.15) is 56.5 Å². The fourth-order valence-electron chi connectivity index (χ4n) is 4.32. The van der Waals surface area contributed by atoms with Gasteiger partial charge in [0.2, 0.25) is 16.9 Å². The first-order chi connectivity index (χ1) is 16.9. The molecule has 9 nitrogen and oxygen atoms in total. The van der Waals surface area contributed by atoms with Crippen LogP contribution in [0.2, 0.25) is 0 Å². The molecule has 0 saturated carbocycles. The van der Waals surface area contributed by atoms with Gasteiger partial charge in [-0.1, -0.05) is 41.2 Å². The van der Waals surface area contributed by atoms with Crippen LogP contribution in [0.25, 0.3) is 0 Å². The van der Waals surface area contributed by atoms with Crippen molar-refractivity contribution >= 4 is 45.8 Å². The zero-order chi connectivity index (χ0) is 24.5. The Morgan fingerprint density at radius 3 is 2.40 bits per heavy atom. The fourth-order valence-corrected chi connectivity index (χ4v) is 5.17. The van der Waals surface area contributed by atoms with Crippen LogP contribution in [-0.2, 0) is 9.59 Å². The van der Waals surface area contributed by atoms with E-state index >= 15 is 0 Å². The highest BCUT2D eigenvalue weighted by atomic mass is 32.1. The molecule has 0 unspecified atom stereocenters. The highest BCUT2D eigenvalue weighted by Crippen LogP contribution is 2.34. The maximum absolute atomic E-state index is 12.5. The molecule has 5 rings (SSSR count). The average Bonchev–Trinajstić information content (AvgIpc) is 3.53. The second-order valence-electron chi connectivity index (χ2n) is 8.65. The molecule has 1 saturated heterocycles. The second-order valence-corrected chi connectivity index (χ2v) is 9.65. The molecule has 0 spiro atoms. The molecule has 10 heteroatoms. The largest absolute Gasteiger partial charge is 0.312 e. The number of hydrogen-bond donors (Lipinski definition) is 1. The highest BCUT2D eigenvalue weighted by molar-refractivity contribution is 7.15. The van der Waals surface area contributed by atoms with Crippen LogP contribution in [0.4, 0.5) is 10.8 Å². The molecule has 1 atom stereocenters. The van der Waals surface area contributed by atoms with E-state index in [1.54, 1.807) is 29.2 Å². The third-order valence-electron chi connectivity index (χ3n) is 6.17. The number of aromatic nitrogens is 2. The zero-order valence-corrected chi connectivity index (χ0v) is 19.9. The molecule has 0 aliphatic carbocycles. The molecule has 0 bridgehead atoms. The monoisotopic (exact) mass is 489 g/mol. The number of nitrogens with zero attached hydrogens (tertiary/aromatic N) is 4. The Labute approximate surface area is 205 Å². The van der Waals surface area contributed by atoms with Gasteiger partial charge in [-0.3, -0.25) is 24.1 Å². The van der Waals surface area contributed by atoms with E-state index < -0.39 is 0 Å². The van der Waals surface area contributed by atoms with Crippen molar-refractivity contribution < 1.29 is 19.2 Å². The Bertz CT molecular complexity index is 1280. The van der Waals surface area contributed by atoms with Crippen LogP contribution in [0.15, 0.2) is 48.5 Å². The number of anilines is 2. The molecule has 2 aliphatic heterocycles. The summed E-state index contributed by atoms with van der Waals surface area (Å²) in [5, 5.41) is 12.1. The predicted octanol–water partition coefficient (Wildman–Crippen LogP) is 3.38. The lowest BCUT2D eigenvalue weighted by Crippen LogP contribution is -2.31. The summed E-state index contributed by atoms with van der Waals surface area (Å²) in [5.74, 6) is -0.974. The van der Waals surface area contributed by atoms with E-state index in [4.69, 9.17) is 0 Å². The van der Waals surface area contributed by atoms with Crippen LogP contribution >= 0.6 is 11.3 Å². The number of fused-ring (bicyclic) bond motifs is 1. The lowest BCUT2D eigenvalue weighted by Gasteiger charge is -2.16. The Hall–Kier alpha value is -3.92. The fraction of sp³-hybridized carbons (Fsp3) is 0.280. The SMILES string of the molecule is Cc1ccc(N2C[C@H](c3nnc(NC(=O)CCCN4C(=O)c5ccccc5C4=O)s3)CC2=O)cc1. The maximum Gasteiger partial charge on any atom is 0.261 e. The third-order valence-corrected chi connectivity index (χ3v) is 7.17. The highest BCUT2D eigenvalue weighted by Gasteiger charge is 2.35. The van der Waals surface area contributed by atoms with Crippen molar-refractivity contribution in [2.75, 3.05) is 23.3 Å². The van der Waals surface area contributed by atoms with Crippen LogP contribution in [-0.4, -0.2) is 51.8 Å². The van der Waals surface area contributed by atoms with E-state index in [0.29, 0.717) is 40.7 Å². The van der Waals surface area contributed by atoms with Crippen LogP contribution in [0.5, 0.6) is 0 Å². The minimum absolute atomic E-state index is 0.0350. The molecule has 4 amide bonds. The van der Waals surface area contributed by atoms with Crippen molar-refractivity contribution in [1.29, 1.82) is 0 Å². The van der Waals surface area contributed by atoms with Gasteiger partial charge < -0.3 is 10.2 Å². The van der Waals surface area contributed by atoms with Gasteiger partial charge in [0, 0.05) is 37.5 Å². The minimum atomic E-state index is -0.328. The van der Waals surface area contributed by atoms with Crippen LogP contribution in [0, 0.1) is 6.92 Å². The summed E-state index contributed by atoms with van der Waals surface area (Å²) in [7, 11) is 0. The van der Waals surface area contributed by atoms with Crippen molar-refractivity contribution in [3.05, 3.63) is 70.2 Å². The lowest BCUT2D eigenvalue weighted by atomic mass is 10.1. The first-order valence-electron chi connectivity index (χ1n) is 11.4. The number of carbonyl (C=O) groups is 4. The standard InChI is InChI=1S/C25H23N5O4S/c1-15-8-10-17(11-9-15)30-14-16(13-21(30)32)22-27-28-25(35-22)26-20(31)7-4-12-29-23(33)18-5-2-3-6-19(18)24(29)34/h2-3,5-6,8-11,16H,4,7,12-14H2,1H3,(H,26,28,31)/t16-/m1/s1. The molecule has 1 N–H and O–H groups in total. The van der Waals surface area contributed by atoms with E-state index in [-0.39, 0.29) is 42.5 Å². The van der Waals surface area contributed by atoms with E-state index in [9.17, 15) is 19.2 Å². The Balaban J connectivity index is 1.12. The molecular formula is C25H23N5O4S. The molecule has 3 aromatic rings. The smallest absolute Gasteiger partial charge is 0.261 e. The molecular weight excluding hydrogens is 466 g/mol. The molecule has 35 heavy (non-hydrogen) atoms. The van der Waals surface area contributed by atoms with Crippen molar-refractivity contribution in [2.45, 2.75) is 32.1 Å². The first-order valence-corrected chi connectivity index (χ1v) is 12.2. The normalized spacial score (nSPS) is 17.3. The Morgan fingerprint density at radius 2 is 1.71 bits per heavy atom. The van der Waals surface area contributed by atoms with Gasteiger partial charge in [-0.25, -0.2) is 0 Å². The Kier molecular flexibility index (Phi) is 6.12. The molecule has 1 aromatic heterocycles. The average molecular weight is 490 g/mol. The summed E-state index contributed by atoms with van der Waals surface area (Å²) in [5.41, 5.74) is 2.79. The summed E-state index contributed by atoms with van der Waals surface area (Å²) < 4.78 is 0. The topological polar surface area (TPSA) is 113 Å². The second kappa shape index (κ2) is 9.38. The van der Waals surface area contributed by atoms with E-state index in [2.05, 4.69) is 15.5 Å². The first kappa shape index (κ1) is 22.9. The molecule has 3 heterocycles. The predicted molar refractivity (Wildman–Crippen MR) is 130 cm³/mol. The summed E-state index contributed by atoms with van der Waals surface area (Å²) in [6, 6.07) is 14.5. The number of imide groups is 1. The van der Waals surface area contributed by atoms with Crippen LogP contribution in [0.3, 0.4) is 0 Å². The van der Waals surface area contributed by atoms with Gasteiger partial charge in [-0.2, -0.15) is 0 Å². The van der Waals surface area contributed by atoms with Crippen LogP contribution < -0.4 is 10.2 Å². The van der Waals surface area contributed by atoms with Gasteiger partial charge in [-0.05, 0) is 37.6 Å². The minimum Gasteiger partial charge on any atom is -0.312 e. The number of carbonyl (C=O) groups excluding carboxylic acids is 4. The number of amides is 4. The van der Waals surface area contributed by atoms with Crippen molar-refractivity contribution in [1.82, 2.24) is 15.1 Å². The molecule has 2 aliphatic rings. The zero-order valence-electron chi connectivity index (χ0n) is 19.1. The summed E-state index contributed by atoms with van der Waals surface area (Å²) in [4.78, 5) is 52.7. The van der Waals surface area contributed by atoms with Gasteiger partial charge in [0.05, 0.1) is 11.1 Å². The summed E-state index contributed by atoms with van der Waals surface area (Å²) >= 11 is 1.26. The number of benzene rings is 2. The molecule has 178 valence electrons. The van der Waals surface area contributed by atoms with Gasteiger partial charge in [-0.15, -0.1) is 10.2 Å². The number of nitrogens with one attached hydrogen (secondary N) is 1. The maximum atomic E-state index is 12.5. The molecule has 2 aromatic carbocycles. The number of aryl methyl sites for hydroxylation is 1.